The monoisotopic (exact) mass is 647 g/mol. The smallest absolute Gasteiger partial charge is 0.336 e. The molecular formula is C37H61NO8. The first-order chi connectivity index (χ1) is 22.1. The van der Waals surface area contributed by atoms with E-state index in [0.29, 0.717) is 38.1 Å². The van der Waals surface area contributed by atoms with Crippen LogP contribution < -0.4 is 10.1 Å². The molecule has 0 saturated carbocycles. The van der Waals surface area contributed by atoms with Gasteiger partial charge in [0.15, 0.2) is 5.60 Å². The molecule has 262 valence electrons. The number of methoxy groups -OCH3 is 1. The Morgan fingerprint density at radius 3 is 2.04 bits per heavy atom. The van der Waals surface area contributed by atoms with Crippen LogP contribution in [-0.2, 0) is 25.5 Å². The second-order valence-electron chi connectivity index (χ2n) is 12.3. The summed E-state index contributed by atoms with van der Waals surface area (Å²) in [7, 11) is 1.25. The number of aliphatic carboxylic acids is 1. The first-order valence-corrected chi connectivity index (χ1v) is 17.5. The Balaban J connectivity index is 2.80. The van der Waals surface area contributed by atoms with Crippen LogP contribution in [0.25, 0.3) is 0 Å². The lowest BCUT2D eigenvalue weighted by atomic mass is 9.81. The van der Waals surface area contributed by atoms with Crippen molar-refractivity contribution < 1.29 is 39.2 Å². The van der Waals surface area contributed by atoms with Gasteiger partial charge in [-0.15, -0.1) is 0 Å². The van der Waals surface area contributed by atoms with Gasteiger partial charge in [0.1, 0.15) is 23.8 Å². The maximum atomic E-state index is 12.7. The van der Waals surface area contributed by atoms with Crippen LogP contribution in [0.15, 0.2) is 36.4 Å². The standard InChI is InChI=1S/C37H61NO8/c1-5-8-10-13-16-19-30(39)20-17-14-11-12-15-18-21-32(37(44,26-7-3)36(42)43)34(40)38-33(35(41)45-4)28-29-22-24-31(25-23-29)46-27-9-6-2/h18,21-25,32-34,38,40,44H,5-17,19-20,26-28H2,1-4H3,(H,42,43)/t32-,33+,34?,37+/m1/s1. The normalized spacial score (nSPS) is 14.8. The molecule has 0 radical (unpaired) electrons. The summed E-state index contributed by atoms with van der Waals surface area (Å²) < 4.78 is 10.7. The SMILES string of the molecule is CCCCCCCC(=O)CCCCCCC=C[C@H](C(O)N[C@@H](Cc1ccc(OCCCC)cc1)C(=O)OC)[C@@](O)(CCC)C(=O)O. The van der Waals surface area contributed by atoms with Crippen LogP contribution >= 0.6 is 0 Å². The lowest BCUT2D eigenvalue weighted by Gasteiger charge is -2.35. The molecule has 9 heteroatoms. The number of carboxylic acid groups (broad SMARTS) is 1. The van der Waals surface area contributed by atoms with Crippen LogP contribution in [0.5, 0.6) is 5.75 Å². The van der Waals surface area contributed by atoms with Gasteiger partial charge in [0.25, 0.3) is 0 Å². The molecule has 1 unspecified atom stereocenters. The number of ether oxygens (including phenoxy) is 2. The van der Waals surface area contributed by atoms with E-state index < -0.39 is 35.7 Å². The number of carboxylic acids is 1. The molecule has 0 aliphatic carbocycles. The van der Waals surface area contributed by atoms with Crippen molar-refractivity contribution in [1.82, 2.24) is 5.32 Å². The predicted molar refractivity (Wildman–Crippen MR) is 182 cm³/mol. The first-order valence-electron chi connectivity index (χ1n) is 17.5. The van der Waals surface area contributed by atoms with E-state index in [-0.39, 0.29) is 12.8 Å². The number of allylic oxidation sites excluding steroid dienone is 1. The van der Waals surface area contributed by atoms with E-state index in [1.54, 1.807) is 19.1 Å². The molecule has 0 aliphatic heterocycles. The van der Waals surface area contributed by atoms with Crippen LogP contribution in [0.1, 0.15) is 129 Å². The number of carbonyl (C=O) groups is 3. The van der Waals surface area contributed by atoms with Crippen molar-refractivity contribution >= 4 is 17.7 Å². The lowest BCUT2D eigenvalue weighted by molar-refractivity contribution is -0.170. The first kappa shape index (κ1) is 41.3. The molecule has 1 rings (SSSR count). The van der Waals surface area contributed by atoms with Crippen molar-refractivity contribution in [3.63, 3.8) is 0 Å². The zero-order chi connectivity index (χ0) is 34.2. The van der Waals surface area contributed by atoms with Crippen LogP contribution in [-0.4, -0.2) is 64.6 Å². The second-order valence-corrected chi connectivity index (χ2v) is 12.3. The molecule has 0 saturated heterocycles. The van der Waals surface area contributed by atoms with E-state index >= 15 is 0 Å². The van der Waals surface area contributed by atoms with E-state index in [9.17, 15) is 29.7 Å². The van der Waals surface area contributed by atoms with Gasteiger partial charge in [0.05, 0.1) is 19.6 Å². The van der Waals surface area contributed by atoms with Crippen molar-refractivity contribution in [1.29, 1.82) is 0 Å². The molecule has 1 aromatic carbocycles. The number of aliphatic hydroxyl groups excluding tert-OH is 1. The Labute approximate surface area is 277 Å². The summed E-state index contributed by atoms with van der Waals surface area (Å²) in [4.78, 5) is 37.1. The molecule has 4 atom stereocenters. The summed E-state index contributed by atoms with van der Waals surface area (Å²) >= 11 is 0. The minimum atomic E-state index is -2.24. The molecule has 0 amide bonds. The Kier molecular flexibility index (Phi) is 21.9. The Hall–Kier alpha value is -2.75. The summed E-state index contributed by atoms with van der Waals surface area (Å²) in [5, 5.41) is 35.3. The number of carbonyl (C=O) groups excluding carboxylic acids is 2. The number of aliphatic hydroxyl groups is 2. The number of Topliss-reactive ketones (excluding diaryl/α,β-unsaturated/α-hetero) is 1. The Bertz CT molecular complexity index is 1010. The number of rotatable bonds is 28. The lowest BCUT2D eigenvalue weighted by Crippen LogP contribution is -2.57. The molecule has 0 spiro atoms. The second kappa shape index (κ2) is 24.4. The van der Waals surface area contributed by atoms with Gasteiger partial charge >= 0.3 is 11.9 Å². The fourth-order valence-corrected chi connectivity index (χ4v) is 5.51. The number of unbranched alkanes of at least 4 members (excludes halogenated alkanes) is 9. The molecule has 0 heterocycles. The van der Waals surface area contributed by atoms with E-state index in [0.717, 1.165) is 62.7 Å². The van der Waals surface area contributed by atoms with E-state index in [1.165, 1.54) is 26.4 Å². The third-order valence-corrected chi connectivity index (χ3v) is 8.36. The maximum Gasteiger partial charge on any atom is 0.336 e. The number of esters is 1. The minimum Gasteiger partial charge on any atom is -0.494 e. The van der Waals surface area contributed by atoms with Gasteiger partial charge in [-0.1, -0.05) is 96.4 Å². The van der Waals surface area contributed by atoms with E-state index in [1.807, 2.05) is 24.3 Å². The van der Waals surface area contributed by atoms with Crippen LogP contribution in [0.4, 0.5) is 0 Å². The van der Waals surface area contributed by atoms with Crippen molar-refractivity contribution in [3.05, 3.63) is 42.0 Å². The van der Waals surface area contributed by atoms with Gasteiger partial charge in [-0.2, -0.15) is 0 Å². The van der Waals surface area contributed by atoms with Gasteiger partial charge in [-0.3, -0.25) is 14.9 Å². The quantitative estimate of drug-likeness (QED) is 0.0330. The van der Waals surface area contributed by atoms with Crippen LogP contribution in [0.2, 0.25) is 0 Å². The average Bonchev–Trinajstić information content (AvgIpc) is 3.04. The fourth-order valence-electron chi connectivity index (χ4n) is 5.51. The van der Waals surface area contributed by atoms with Gasteiger partial charge < -0.3 is 24.8 Å². The fraction of sp³-hybridized carbons (Fsp3) is 0.703. The molecule has 1 aromatic rings. The topological polar surface area (TPSA) is 142 Å². The predicted octanol–water partition coefficient (Wildman–Crippen LogP) is 6.92. The van der Waals surface area contributed by atoms with Crippen molar-refractivity contribution in [2.75, 3.05) is 13.7 Å². The molecule has 0 fully saturated rings. The van der Waals surface area contributed by atoms with Crippen molar-refractivity contribution in [3.8, 4) is 5.75 Å². The number of benzene rings is 1. The Morgan fingerprint density at radius 2 is 1.48 bits per heavy atom. The molecule has 9 nitrogen and oxygen atoms in total. The largest absolute Gasteiger partial charge is 0.494 e. The highest BCUT2D eigenvalue weighted by molar-refractivity contribution is 5.79. The highest BCUT2D eigenvalue weighted by Gasteiger charge is 2.46. The third-order valence-electron chi connectivity index (χ3n) is 8.36. The summed E-state index contributed by atoms with van der Waals surface area (Å²) in [5.74, 6) is -2.22. The third kappa shape index (κ3) is 16.2. The van der Waals surface area contributed by atoms with E-state index in [2.05, 4.69) is 19.2 Å². The minimum absolute atomic E-state index is 0.0783. The van der Waals surface area contributed by atoms with Crippen LogP contribution in [0.3, 0.4) is 0 Å². The zero-order valence-electron chi connectivity index (χ0n) is 28.8. The highest BCUT2D eigenvalue weighted by Crippen LogP contribution is 2.29. The van der Waals surface area contributed by atoms with Gasteiger partial charge in [0.2, 0.25) is 0 Å². The number of nitrogens with one attached hydrogen (secondary N) is 1. The summed E-state index contributed by atoms with van der Waals surface area (Å²) in [6.07, 6.45) is 15.4. The molecule has 0 aliphatic rings. The number of ketones is 1. The van der Waals surface area contributed by atoms with E-state index in [4.69, 9.17) is 9.47 Å². The molecule has 4 N–H and O–H groups in total. The zero-order valence-corrected chi connectivity index (χ0v) is 28.8. The highest BCUT2D eigenvalue weighted by atomic mass is 16.5. The van der Waals surface area contributed by atoms with Gasteiger partial charge in [-0.25, -0.2) is 4.79 Å². The summed E-state index contributed by atoms with van der Waals surface area (Å²) in [5.41, 5.74) is -1.45. The summed E-state index contributed by atoms with van der Waals surface area (Å²) in [6.45, 7) is 6.65. The molecular weight excluding hydrogens is 586 g/mol. The molecule has 0 aromatic heterocycles. The maximum absolute atomic E-state index is 12.7. The molecule has 46 heavy (non-hydrogen) atoms. The van der Waals surface area contributed by atoms with Gasteiger partial charge in [0, 0.05) is 12.8 Å². The number of hydrogen-bond acceptors (Lipinski definition) is 8. The number of hydrogen-bond donors (Lipinski definition) is 4. The Morgan fingerprint density at radius 1 is 0.870 bits per heavy atom. The van der Waals surface area contributed by atoms with Crippen molar-refractivity contribution in [2.24, 2.45) is 5.92 Å². The van der Waals surface area contributed by atoms with Gasteiger partial charge in [-0.05, 0) is 62.6 Å². The summed E-state index contributed by atoms with van der Waals surface area (Å²) in [6, 6.07) is 6.32. The van der Waals surface area contributed by atoms with Crippen molar-refractivity contribution in [2.45, 2.75) is 148 Å². The van der Waals surface area contributed by atoms with Crippen LogP contribution in [0, 0.1) is 5.92 Å². The molecule has 0 bridgehead atoms. The average molecular weight is 648 g/mol.